The van der Waals surface area contributed by atoms with Crippen LogP contribution in [0.2, 0.25) is 0 Å². The average Bonchev–Trinajstić information content (AvgIpc) is 2.51. The molecule has 2 rings (SSSR count). The maximum absolute atomic E-state index is 3.47. The van der Waals surface area contributed by atoms with Crippen molar-refractivity contribution in [1.29, 1.82) is 0 Å². The maximum atomic E-state index is 3.47. The minimum Gasteiger partial charge on any atom is -0.380 e. The lowest BCUT2D eigenvalue weighted by Crippen LogP contribution is -2.00. The summed E-state index contributed by atoms with van der Waals surface area (Å²) in [6.07, 6.45) is 3.35. The van der Waals surface area contributed by atoms with E-state index in [4.69, 9.17) is 0 Å². The van der Waals surface area contributed by atoms with Crippen molar-refractivity contribution < 1.29 is 0 Å². The molecule has 0 aliphatic carbocycles. The predicted molar refractivity (Wildman–Crippen MR) is 86.6 cm³/mol. The second kappa shape index (κ2) is 8.07. The Balaban J connectivity index is 2.02. The summed E-state index contributed by atoms with van der Waals surface area (Å²) in [7, 11) is 0. The van der Waals surface area contributed by atoms with Gasteiger partial charge < -0.3 is 5.32 Å². The molecule has 0 fully saturated rings. The van der Waals surface area contributed by atoms with Crippen molar-refractivity contribution in [2.45, 2.75) is 32.7 Å². The Morgan fingerprint density at radius 2 is 1.70 bits per heavy atom. The zero-order valence-electron chi connectivity index (χ0n) is 12.0. The Kier molecular flexibility index (Phi) is 5.73. The molecule has 0 heterocycles. The van der Waals surface area contributed by atoms with Gasteiger partial charge in [0.05, 0.1) is 5.69 Å². The van der Waals surface area contributed by atoms with Crippen LogP contribution in [-0.2, 0) is 6.54 Å². The maximum Gasteiger partial charge on any atom is 0.0501 e. The van der Waals surface area contributed by atoms with Crippen molar-refractivity contribution in [3.63, 3.8) is 0 Å². The Labute approximate surface area is 122 Å². The van der Waals surface area contributed by atoms with Gasteiger partial charge in [-0.15, -0.1) is 0 Å². The molecule has 0 aliphatic heterocycles. The molecule has 1 heteroatoms. The van der Waals surface area contributed by atoms with Crippen molar-refractivity contribution >= 4 is 5.69 Å². The third-order valence-electron chi connectivity index (χ3n) is 3.13. The van der Waals surface area contributed by atoms with Crippen LogP contribution < -0.4 is 5.32 Å². The fourth-order valence-corrected chi connectivity index (χ4v) is 1.96. The van der Waals surface area contributed by atoms with Gasteiger partial charge in [0.2, 0.25) is 0 Å². The second-order valence-electron chi connectivity index (χ2n) is 4.79. The topological polar surface area (TPSA) is 12.0 Å². The van der Waals surface area contributed by atoms with Crippen molar-refractivity contribution in [3.05, 3.63) is 65.7 Å². The van der Waals surface area contributed by atoms with Crippen LogP contribution in [0.4, 0.5) is 5.69 Å². The van der Waals surface area contributed by atoms with Gasteiger partial charge in [0, 0.05) is 18.5 Å². The Morgan fingerprint density at radius 1 is 0.950 bits per heavy atom. The van der Waals surface area contributed by atoms with E-state index in [-0.39, 0.29) is 0 Å². The largest absolute Gasteiger partial charge is 0.380 e. The first-order valence-electron chi connectivity index (χ1n) is 7.26. The first kappa shape index (κ1) is 14.2. The number of unbranched alkanes of at least 4 members (excludes halogenated alkanes) is 2. The van der Waals surface area contributed by atoms with Crippen LogP contribution in [0, 0.1) is 11.8 Å². The molecule has 2 aromatic rings. The number of nitrogens with one attached hydrogen (secondary N) is 1. The highest BCUT2D eigenvalue weighted by atomic mass is 14.9. The summed E-state index contributed by atoms with van der Waals surface area (Å²) >= 11 is 0. The molecule has 0 bridgehead atoms. The smallest absolute Gasteiger partial charge is 0.0501 e. The van der Waals surface area contributed by atoms with Crippen molar-refractivity contribution in [2.24, 2.45) is 0 Å². The van der Waals surface area contributed by atoms with E-state index in [0.29, 0.717) is 0 Å². The van der Waals surface area contributed by atoms with Crippen molar-refractivity contribution in [2.75, 3.05) is 5.32 Å². The van der Waals surface area contributed by atoms with E-state index in [1.807, 2.05) is 18.2 Å². The quantitative estimate of drug-likeness (QED) is 0.601. The zero-order valence-corrected chi connectivity index (χ0v) is 12.0. The summed E-state index contributed by atoms with van der Waals surface area (Å²) in [5.41, 5.74) is 3.47. The van der Waals surface area contributed by atoms with Gasteiger partial charge in [-0.3, -0.25) is 0 Å². The molecule has 0 atom stereocenters. The van der Waals surface area contributed by atoms with E-state index < -0.39 is 0 Å². The van der Waals surface area contributed by atoms with Crippen molar-refractivity contribution in [3.8, 4) is 11.8 Å². The van der Waals surface area contributed by atoms with E-state index in [1.54, 1.807) is 0 Å². The Bertz CT molecular complexity index is 575. The van der Waals surface area contributed by atoms with Crippen LogP contribution in [0.1, 0.15) is 37.3 Å². The third kappa shape index (κ3) is 4.48. The van der Waals surface area contributed by atoms with Crippen molar-refractivity contribution in [1.82, 2.24) is 0 Å². The highest BCUT2D eigenvalue weighted by Crippen LogP contribution is 2.15. The van der Waals surface area contributed by atoms with Gasteiger partial charge in [-0.2, -0.15) is 0 Å². The molecular formula is C19H21N. The number of hydrogen-bond donors (Lipinski definition) is 1. The summed E-state index contributed by atoms with van der Waals surface area (Å²) in [6.45, 7) is 3.02. The van der Waals surface area contributed by atoms with Crippen LogP contribution in [0.25, 0.3) is 0 Å². The van der Waals surface area contributed by atoms with Gasteiger partial charge in [0.1, 0.15) is 0 Å². The molecule has 0 aliphatic rings. The molecule has 0 amide bonds. The number of anilines is 1. The van der Waals surface area contributed by atoms with Gasteiger partial charge in [0.15, 0.2) is 0 Å². The summed E-state index contributed by atoms with van der Waals surface area (Å²) in [4.78, 5) is 0. The molecular weight excluding hydrogens is 242 g/mol. The minimum absolute atomic E-state index is 0.828. The molecule has 0 saturated carbocycles. The lowest BCUT2D eigenvalue weighted by atomic mass is 10.1. The molecule has 0 radical (unpaired) electrons. The normalized spacial score (nSPS) is 9.65. The fourth-order valence-electron chi connectivity index (χ4n) is 1.96. The molecule has 1 N–H and O–H groups in total. The van der Waals surface area contributed by atoms with Gasteiger partial charge >= 0.3 is 0 Å². The molecule has 102 valence electrons. The highest BCUT2D eigenvalue weighted by Gasteiger charge is 1.98. The fraction of sp³-hybridized carbons (Fsp3) is 0.263. The van der Waals surface area contributed by atoms with E-state index >= 15 is 0 Å². The van der Waals surface area contributed by atoms with E-state index in [1.165, 1.54) is 18.4 Å². The van der Waals surface area contributed by atoms with Gasteiger partial charge in [-0.1, -0.05) is 67.6 Å². The van der Waals surface area contributed by atoms with Crippen LogP contribution in [0.5, 0.6) is 0 Å². The molecule has 0 saturated heterocycles. The summed E-state index contributed by atoms with van der Waals surface area (Å²) in [5, 5.41) is 3.47. The summed E-state index contributed by atoms with van der Waals surface area (Å²) < 4.78 is 0. The molecule has 1 nitrogen and oxygen atoms in total. The first-order chi connectivity index (χ1) is 9.90. The van der Waals surface area contributed by atoms with E-state index in [0.717, 1.165) is 24.2 Å². The zero-order chi connectivity index (χ0) is 14.0. The average molecular weight is 263 g/mol. The number of rotatable bonds is 5. The van der Waals surface area contributed by atoms with E-state index in [2.05, 4.69) is 60.5 Å². The number of para-hydroxylation sites is 1. The van der Waals surface area contributed by atoms with Crippen LogP contribution in [-0.4, -0.2) is 0 Å². The molecule has 2 aromatic carbocycles. The summed E-state index contributed by atoms with van der Waals surface area (Å²) in [6, 6.07) is 18.7. The van der Waals surface area contributed by atoms with Crippen LogP contribution in [0.3, 0.4) is 0 Å². The van der Waals surface area contributed by atoms with Crippen LogP contribution in [0.15, 0.2) is 54.6 Å². The van der Waals surface area contributed by atoms with Gasteiger partial charge in [-0.25, -0.2) is 0 Å². The molecule has 0 aromatic heterocycles. The minimum atomic E-state index is 0.828. The second-order valence-corrected chi connectivity index (χ2v) is 4.79. The molecule has 0 spiro atoms. The first-order valence-corrected chi connectivity index (χ1v) is 7.26. The molecule has 20 heavy (non-hydrogen) atoms. The third-order valence-corrected chi connectivity index (χ3v) is 3.13. The lowest BCUT2D eigenvalue weighted by molar-refractivity contribution is 0.828. The van der Waals surface area contributed by atoms with Crippen LogP contribution >= 0.6 is 0 Å². The number of hydrogen-bond acceptors (Lipinski definition) is 1. The Hall–Kier alpha value is -2.20. The Morgan fingerprint density at radius 3 is 2.50 bits per heavy atom. The van der Waals surface area contributed by atoms with Gasteiger partial charge in [0.25, 0.3) is 0 Å². The van der Waals surface area contributed by atoms with E-state index in [9.17, 15) is 0 Å². The standard InChI is InChI=1S/C19H21N/c1-2-3-4-8-13-18-14-9-10-15-19(18)20-16-17-11-6-5-7-12-17/h5-7,9-12,14-15,20H,2-4,16H2,1H3. The monoisotopic (exact) mass is 263 g/mol. The highest BCUT2D eigenvalue weighted by molar-refractivity contribution is 5.59. The van der Waals surface area contributed by atoms with Gasteiger partial charge in [-0.05, 0) is 24.1 Å². The molecule has 0 unspecified atom stereocenters. The predicted octanol–water partition coefficient (Wildman–Crippen LogP) is 4.84. The lowest BCUT2D eigenvalue weighted by Gasteiger charge is -2.08. The SMILES string of the molecule is CCCCC#Cc1ccccc1NCc1ccccc1. The summed E-state index contributed by atoms with van der Waals surface area (Å²) in [5.74, 6) is 6.52. The number of benzene rings is 2.